The van der Waals surface area contributed by atoms with Crippen LogP contribution in [0.1, 0.15) is 12.5 Å². The summed E-state index contributed by atoms with van der Waals surface area (Å²) in [6.45, 7) is 4.90. The number of nitrogens with zero attached hydrogens (tertiary/aromatic N) is 3. The first-order valence-electron chi connectivity index (χ1n) is 4.86. The second-order valence-electron chi connectivity index (χ2n) is 3.40. The van der Waals surface area contributed by atoms with Crippen LogP contribution < -0.4 is 0 Å². The van der Waals surface area contributed by atoms with E-state index in [9.17, 15) is 0 Å². The molecule has 1 aromatic carbocycles. The summed E-state index contributed by atoms with van der Waals surface area (Å²) in [6, 6.07) is 5.93. The lowest BCUT2D eigenvalue weighted by Gasteiger charge is -2.04. The normalized spacial score (nSPS) is 10.6. The Kier molecular flexibility index (Phi) is 2.73. The third-order valence-electron chi connectivity index (χ3n) is 2.39. The van der Waals surface area contributed by atoms with Crippen molar-refractivity contribution in [2.24, 2.45) is 0 Å². The van der Waals surface area contributed by atoms with Gasteiger partial charge in [0.1, 0.15) is 6.33 Å². The minimum atomic E-state index is 0.762. The molecular weight excluding hydrogens is 210 g/mol. The third-order valence-corrected chi connectivity index (χ3v) is 2.79. The summed E-state index contributed by atoms with van der Waals surface area (Å²) in [6.07, 6.45) is 1.73. The maximum Gasteiger partial charge on any atom is 0.163 e. The summed E-state index contributed by atoms with van der Waals surface area (Å²) in [5, 5.41) is 8.74. The van der Waals surface area contributed by atoms with Crippen molar-refractivity contribution >= 4 is 11.6 Å². The zero-order valence-corrected chi connectivity index (χ0v) is 9.49. The molecule has 0 saturated carbocycles. The fourth-order valence-electron chi connectivity index (χ4n) is 1.44. The van der Waals surface area contributed by atoms with Gasteiger partial charge in [0.15, 0.2) is 5.82 Å². The highest BCUT2D eigenvalue weighted by atomic mass is 35.5. The molecule has 0 aliphatic heterocycles. The Labute approximate surface area is 93.7 Å². The SMILES string of the molecule is CCn1cnnc1-c1ccc(C)c(Cl)c1. The molecule has 0 fully saturated rings. The number of aromatic nitrogens is 3. The Hall–Kier alpha value is -1.35. The van der Waals surface area contributed by atoms with E-state index >= 15 is 0 Å². The van der Waals surface area contributed by atoms with Crippen LogP contribution in [0.5, 0.6) is 0 Å². The maximum absolute atomic E-state index is 6.07. The molecule has 1 aromatic heterocycles. The van der Waals surface area contributed by atoms with Gasteiger partial charge in [0.2, 0.25) is 0 Å². The molecule has 0 saturated heterocycles. The van der Waals surface area contributed by atoms with Gasteiger partial charge in [-0.15, -0.1) is 10.2 Å². The molecule has 78 valence electrons. The lowest BCUT2D eigenvalue weighted by atomic mass is 10.1. The number of aryl methyl sites for hydroxylation is 2. The predicted octanol–water partition coefficient (Wildman–Crippen LogP) is 2.93. The third kappa shape index (κ3) is 1.88. The van der Waals surface area contributed by atoms with Crippen LogP contribution in [0.15, 0.2) is 24.5 Å². The lowest BCUT2D eigenvalue weighted by Crippen LogP contribution is -1.96. The number of hydrogen-bond donors (Lipinski definition) is 0. The first-order valence-corrected chi connectivity index (χ1v) is 5.24. The van der Waals surface area contributed by atoms with Crippen LogP contribution in [-0.4, -0.2) is 14.8 Å². The highest BCUT2D eigenvalue weighted by molar-refractivity contribution is 6.31. The van der Waals surface area contributed by atoms with E-state index in [1.54, 1.807) is 6.33 Å². The first-order chi connectivity index (χ1) is 7.22. The Morgan fingerprint density at radius 2 is 2.20 bits per heavy atom. The molecule has 0 radical (unpaired) electrons. The van der Waals surface area contributed by atoms with E-state index in [0.717, 1.165) is 28.5 Å². The van der Waals surface area contributed by atoms with Gasteiger partial charge < -0.3 is 4.57 Å². The van der Waals surface area contributed by atoms with Gasteiger partial charge in [0, 0.05) is 17.1 Å². The van der Waals surface area contributed by atoms with E-state index in [2.05, 4.69) is 17.1 Å². The topological polar surface area (TPSA) is 30.7 Å². The Bertz CT molecular complexity index is 476. The average molecular weight is 222 g/mol. The van der Waals surface area contributed by atoms with Crippen LogP contribution in [0.4, 0.5) is 0 Å². The fraction of sp³-hybridized carbons (Fsp3) is 0.273. The number of rotatable bonds is 2. The highest BCUT2D eigenvalue weighted by Crippen LogP contribution is 2.23. The Balaban J connectivity index is 2.50. The van der Waals surface area contributed by atoms with Crippen LogP contribution in [0, 0.1) is 6.92 Å². The fourth-order valence-corrected chi connectivity index (χ4v) is 1.62. The molecule has 0 atom stereocenters. The Morgan fingerprint density at radius 1 is 1.40 bits per heavy atom. The van der Waals surface area contributed by atoms with Gasteiger partial charge in [0.25, 0.3) is 0 Å². The van der Waals surface area contributed by atoms with E-state index in [1.165, 1.54) is 0 Å². The molecule has 0 amide bonds. The van der Waals surface area contributed by atoms with Gasteiger partial charge in [-0.3, -0.25) is 0 Å². The van der Waals surface area contributed by atoms with Gasteiger partial charge >= 0.3 is 0 Å². The van der Waals surface area contributed by atoms with Crippen LogP contribution in [-0.2, 0) is 6.54 Å². The maximum atomic E-state index is 6.07. The van der Waals surface area contributed by atoms with E-state index in [1.807, 2.05) is 29.7 Å². The van der Waals surface area contributed by atoms with Crippen molar-refractivity contribution in [2.75, 3.05) is 0 Å². The average Bonchev–Trinajstić information content (AvgIpc) is 2.70. The zero-order valence-electron chi connectivity index (χ0n) is 8.74. The van der Waals surface area contributed by atoms with Gasteiger partial charge in [-0.1, -0.05) is 23.7 Å². The van der Waals surface area contributed by atoms with Crippen LogP contribution in [0.2, 0.25) is 5.02 Å². The second-order valence-corrected chi connectivity index (χ2v) is 3.81. The molecule has 0 aliphatic rings. The van der Waals surface area contributed by atoms with Gasteiger partial charge in [-0.05, 0) is 25.5 Å². The standard InChI is InChI=1S/C11H12ClN3/c1-3-15-7-13-14-11(15)9-5-4-8(2)10(12)6-9/h4-7H,3H2,1-2H3. The summed E-state index contributed by atoms with van der Waals surface area (Å²) in [5.41, 5.74) is 2.08. The predicted molar refractivity (Wildman–Crippen MR) is 60.9 cm³/mol. The number of halogens is 1. The van der Waals surface area contributed by atoms with E-state index in [4.69, 9.17) is 11.6 Å². The molecule has 4 heteroatoms. The second kappa shape index (κ2) is 4.03. The van der Waals surface area contributed by atoms with Crippen LogP contribution in [0.3, 0.4) is 0 Å². The van der Waals surface area contributed by atoms with E-state index < -0.39 is 0 Å². The summed E-state index contributed by atoms with van der Waals surface area (Å²) in [5.74, 6) is 0.861. The molecule has 15 heavy (non-hydrogen) atoms. The lowest BCUT2D eigenvalue weighted by molar-refractivity contribution is 0.767. The minimum absolute atomic E-state index is 0.762. The monoisotopic (exact) mass is 221 g/mol. The molecule has 0 spiro atoms. The number of benzene rings is 1. The molecule has 0 bridgehead atoms. The molecule has 1 heterocycles. The smallest absolute Gasteiger partial charge is 0.163 e. The highest BCUT2D eigenvalue weighted by Gasteiger charge is 2.06. The van der Waals surface area contributed by atoms with Crippen molar-refractivity contribution in [3.05, 3.63) is 35.1 Å². The number of hydrogen-bond acceptors (Lipinski definition) is 2. The quantitative estimate of drug-likeness (QED) is 0.781. The summed E-state index contributed by atoms with van der Waals surface area (Å²) in [7, 11) is 0. The summed E-state index contributed by atoms with van der Waals surface area (Å²) in [4.78, 5) is 0. The molecule has 0 aliphatic carbocycles. The van der Waals surface area contributed by atoms with Crippen molar-refractivity contribution in [1.82, 2.24) is 14.8 Å². The first kappa shape index (κ1) is 10.2. The molecule has 0 unspecified atom stereocenters. The molecule has 2 rings (SSSR count). The van der Waals surface area contributed by atoms with Crippen molar-refractivity contribution < 1.29 is 0 Å². The summed E-state index contributed by atoms with van der Waals surface area (Å²) >= 11 is 6.07. The minimum Gasteiger partial charge on any atom is -0.314 e. The molecule has 3 nitrogen and oxygen atoms in total. The Morgan fingerprint density at radius 3 is 2.87 bits per heavy atom. The van der Waals surface area contributed by atoms with E-state index in [0.29, 0.717) is 0 Å². The van der Waals surface area contributed by atoms with Crippen LogP contribution >= 0.6 is 11.6 Å². The van der Waals surface area contributed by atoms with Crippen LogP contribution in [0.25, 0.3) is 11.4 Å². The van der Waals surface area contributed by atoms with Gasteiger partial charge in [-0.25, -0.2) is 0 Å². The van der Waals surface area contributed by atoms with Crippen molar-refractivity contribution in [2.45, 2.75) is 20.4 Å². The largest absolute Gasteiger partial charge is 0.314 e. The van der Waals surface area contributed by atoms with Gasteiger partial charge in [0.05, 0.1) is 0 Å². The molecule has 2 aromatic rings. The summed E-state index contributed by atoms with van der Waals surface area (Å²) < 4.78 is 1.99. The zero-order chi connectivity index (χ0) is 10.8. The van der Waals surface area contributed by atoms with E-state index in [-0.39, 0.29) is 0 Å². The van der Waals surface area contributed by atoms with Gasteiger partial charge in [-0.2, -0.15) is 0 Å². The van der Waals surface area contributed by atoms with Crippen molar-refractivity contribution in [3.63, 3.8) is 0 Å². The molecule has 0 N–H and O–H groups in total. The van der Waals surface area contributed by atoms with Crippen molar-refractivity contribution in [3.8, 4) is 11.4 Å². The van der Waals surface area contributed by atoms with Crippen molar-refractivity contribution in [1.29, 1.82) is 0 Å². The molecular formula is C11H12ClN3.